The van der Waals surface area contributed by atoms with Crippen LogP contribution in [0.5, 0.6) is 0 Å². The second kappa shape index (κ2) is 5.46. The first-order chi connectivity index (χ1) is 8.69. The Bertz CT molecular complexity index is 531. The third kappa shape index (κ3) is 2.95. The van der Waals surface area contributed by atoms with Gasteiger partial charge >= 0.3 is 0 Å². The van der Waals surface area contributed by atoms with Crippen molar-refractivity contribution in [1.82, 2.24) is 10.3 Å². The number of aryl methyl sites for hydroxylation is 1. The van der Waals surface area contributed by atoms with Crippen LogP contribution in [0.25, 0.3) is 0 Å². The van der Waals surface area contributed by atoms with E-state index in [9.17, 15) is 4.79 Å². The average molecular weight is 245 g/mol. The number of carbonyl (C=O) groups is 1. The Morgan fingerprint density at radius 1 is 1.39 bits per heavy atom. The smallest absolute Gasteiger partial charge is 0.287 e. The van der Waals surface area contributed by atoms with Crippen LogP contribution in [0.3, 0.4) is 0 Å². The number of rotatable bonds is 4. The predicted molar refractivity (Wildman–Crippen MR) is 66.7 cm³/mol. The molecule has 18 heavy (non-hydrogen) atoms. The molecule has 3 N–H and O–H groups in total. The van der Waals surface area contributed by atoms with Gasteiger partial charge in [-0.25, -0.2) is 0 Å². The summed E-state index contributed by atoms with van der Waals surface area (Å²) in [6.45, 7) is 2.62. The molecule has 0 aliphatic rings. The highest BCUT2D eigenvalue weighted by Gasteiger charge is 2.10. The molecule has 0 fully saturated rings. The van der Waals surface area contributed by atoms with E-state index in [2.05, 4.69) is 10.3 Å². The lowest BCUT2D eigenvalue weighted by atomic mass is 10.2. The summed E-state index contributed by atoms with van der Waals surface area (Å²) in [5, 5.41) is 2.76. The number of amides is 1. The van der Waals surface area contributed by atoms with E-state index in [-0.39, 0.29) is 18.2 Å². The Morgan fingerprint density at radius 2 is 2.22 bits per heavy atom. The number of pyridine rings is 1. The van der Waals surface area contributed by atoms with E-state index < -0.39 is 0 Å². The summed E-state index contributed by atoms with van der Waals surface area (Å²) >= 11 is 0. The maximum atomic E-state index is 11.7. The number of nitrogens with zero attached hydrogens (tertiary/aromatic N) is 1. The Labute approximate surface area is 105 Å². The van der Waals surface area contributed by atoms with Crippen molar-refractivity contribution in [1.29, 1.82) is 0 Å². The highest BCUT2D eigenvalue weighted by Crippen LogP contribution is 2.07. The van der Waals surface area contributed by atoms with Gasteiger partial charge in [-0.1, -0.05) is 6.07 Å². The third-order valence-corrected chi connectivity index (χ3v) is 2.51. The lowest BCUT2D eigenvalue weighted by Crippen LogP contribution is -2.22. The summed E-state index contributed by atoms with van der Waals surface area (Å²) in [5.74, 6) is 0.614. The Morgan fingerprint density at radius 3 is 2.83 bits per heavy atom. The topological polar surface area (TPSA) is 81.2 Å². The van der Waals surface area contributed by atoms with E-state index in [1.54, 1.807) is 18.3 Å². The second-order valence-electron chi connectivity index (χ2n) is 3.96. The first-order valence-corrected chi connectivity index (χ1v) is 5.67. The summed E-state index contributed by atoms with van der Waals surface area (Å²) < 4.78 is 5.25. The highest BCUT2D eigenvalue weighted by molar-refractivity contribution is 5.91. The molecule has 5 heteroatoms. The fourth-order valence-corrected chi connectivity index (χ4v) is 1.48. The Balaban J connectivity index is 1.93. The van der Waals surface area contributed by atoms with Crippen LogP contribution in [0, 0.1) is 6.92 Å². The lowest BCUT2D eigenvalue weighted by molar-refractivity contribution is 0.0921. The maximum absolute atomic E-state index is 11.7. The number of hydrogen-bond acceptors (Lipinski definition) is 4. The zero-order chi connectivity index (χ0) is 13.0. The number of nitrogens with two attached hydrogens (primary N) is 1. The number of aromatic nitrogens is 1. The molecule has 1 amide bonds. The van der Waals surface area contributed by atoms with E-state index in [0.29, 0.717) is 12.3 Å². The SMILES string of the molecule is Cc1ccc(CNC(=O)c2ccc(CN)o2)cn1. The molecule has 2 heterocycles. The number of nitrogens with one attached hydrogen (secondary N) is 1. The van der Waals surface area contributed by atoms with Crippen LogP contribution in [0.4, 0.5) is 0 Å². The molecule has 94 valence electrons. The molecule has 0 atom stereocenters. The molecule has 2 aromatic rings. The van der Waals surface area contributed by atoms with Crippen LogP contribution in [0.15, 0.2) is 34.9 Å². The normalized spacial score (nSPS) is 10.3. The highest BCUT2D eigenvalue weighted by atomic mass is 16.4. The van der Waals surface area contributed by atoms with Crippen LogP contribution in [-0.4, -0.2) is 10.9 Å². The average Bonchev–Trinajstić information content (AvgIpc) is 2.86. The molecule has 0 radical (unpaired) electrons. The molecule has 0 saturated carbocycles. The van der Waals surface area contributed by atoms with E-state index in [0.717, 1.165) is 11.3 Å². The minimum absolute atomic E-state index is 0.254. The van der Waals surface area contributed by atoms with Crippen molar-refractivity contribution in [2.24, 2.45) is 5.73 Å². The first-order valence-electron chi connectivity index (χ1n) is 5.67. The van der Waals surface area contributed by atoms with Crippen molar-refractivity contribution in [3.63, 3.8) is 0 Å². The largest absolute Gasteiger partial charge is 0.455 e. The Hall–Kier alpha value is -2.14. The molecular formula is C13H15N3O2. The third-order valence-electron chi connectivity index (χ3n) is 2.51. The molecule has 0 aliphatic carbocycles. The van der Waals surface area contributed by atoms with Gasteiger partial charge in [-0.2, -0.15) is 0 Å². The van der Waals surface area contributed by atoms with Gasteiger partial charge in [-0.15, -0.1) is 0 Å². The zero-order valence-electron chi connectivity index (χ0n) is 10.1. The summed E-state index contributed by atoms with van der Waals surface area (Å²) in [4.78, 5) is 15.9. The minimum atomic E-state index is -0.254. The van der Waals surface area contributed by atoms with Gasteiger partial charge in [0.1, 0.15) is 5.76 Å². The van der Waals surface area contributed by atoms with Gasteiger partial charge in [0.2, 0.25) is 0 Å². The lowest BCUT2D eigenvalue weighted by Gasteiger charge is -2.03. The van der Waals surface area contributed by atoms with Crippen molar-refractivity contribution >= 4 is 5.91 Å². The minimum Gasteiger partial charge on any atom is -0.455 e. The Kier molecular flexibility index (Phi) is 3.74. The van der Waals surface area contributed by atoms with Gasteiger partial charge in [0.05, 0.1) is 6.54 Å². The van der Waals surface area contributed by atoms with E-state index in [1.807, 2.05) is 19.1 Å². The molecule has 0 aromatic carbocycles. The van der Waals surface area contributed by atoms with Gasteiger partial charge in [-0.3, -0.25) is 9.78 Å². The fourth-order valence-electron chi connectivity index (χ4n) is 1.48. The number of hydrogen-bond donors (Lipinski definition) is 2. The fraction of sp³-hybridized carbons (Fsp3) is 0.231. The second-order valence-corrected chi connectivity index (χ2v) is 3.96. The predicted octanol–water partition coefficient (Wildman–Crippen LogP) is 1.37. The molecule has 0 bridgehead atoms. The molecule has 2 rings (SSSR count). The van der Waals surface area contributed by atoms with Gasteiger partial charge in [0.15, 0.2) is 5.76 Å². The molecule has 0 unspecified atom stereocenters. The molecule has 2 aromatic heterocycles. The van der Waals surface area contributed by atoms with Crippen molar-refractivity contribution in [3.8, 4) is 0 Å². The number of carbonyl (C=O) groups excluding carboxylic acids is 1. The van der Waals surface area contributed by atoms with Crippen LogP contribution >= 0.6 is 0 Å². The van der Waals surface area contributed by atoms with Crippen LogP contribution in [0.1, 0.15) is 27.6 Å². The van der Waals surface area contributed by atoms with Crippen molar-refractivity contribution < 1.29 is 9.21 Å². The first kappa shape index (κ1) is 12.3. The summed E-state index contributed by atoms with van der Waals surface area (Å²) in [7, 11) is 0. The molecule has 5 nitrogen and oxygen atoms in total. The van der Waals surface area contributed by atoms with Crippen LogP contribution < -0.4 is 11.1 Å². The van der Waals surface area contributed by atoms with Crippen LogP contribution in [0.2, 0.25) is 0 Å². The van der Waals surface area contributed by atoms with Gasteiger partial charge < -0.3 is 15.5 Å². The maximum Gasteiger partial charge on any atom is 0.287 e. The standard InChI is InChI=1S/C13H15N3O2/c1-9-2-3-10(7-15-9)8-16-13(17)12-5-4-11(6-14)18-12/h2-5,7H,6,8,14H2,1H3,(H,16,17). The van der Waals surface area contributed by atoms with E-state index in [1.165, 1.54) is 0 Å². The van der Waals surface area contributed by atoms with Gasteiger partial charge in [0, 0.05) is 18.4 Å². The monoisotopic (exact) mass is 245 g/mol. The van der Waals surface area contributed by atoms with Gasteiger partial charge in [-0.05, 0) is 30.7 Å². The molecule has 0 aliphatic heterocycles. The summed E-state index contributed by atoms with van der Waals surface area (Å²) in [5.41, 5.74) is 7.30. The molecule has 0 saturated heterocycles. The molecular weight excluding hydrogens is 230 g/mol. The van der Waals surface area contributed by atoms with Crippen molar-refractivity contribution in [3.05, 3.63) is 53.2 Å². The number of furan rings is 1. The quantitative estimate of drug-likeness (QED) is 0.852. The van der Waals surface area contributed by atoms with E-state index >= 15 is 0 Å². The summed E-state index contributed by atoms with van der Waals surface area (Å²) in [6.07, 6.45) is 1.74. The summed E-state index contributed by atoms with van der Waals surface area (Å²) in [6, 6.07) is 7.14. The zero-order valence-corrected chi connectivity index (χ0v) is 10.1. The van der Waals surface area contributed by atoms with Crippen molar-refractivity contribution in [2.75, 3.05) is 0 Å². The molecule has 0 spiro atoms. The van der Waals surface area contributed by atoms with Crippen LogP contribution in [-0.2, 0) is 13.1 Å². The van der Waals surface area contributed by atoms with Gasteiger partial charge in [0.25, 0.3) is 5.91 Å². The van der Waals surface area contributed by atoms with E-state index in [4.69, 9.17) is 10.2 Å². The van der Waals surface area contributed by atoms with Crippen molar-refractivity contribution in [2.45, 2.75) is 20.0 Å².